The van der Waals surface area contributed by atoms with Crippen LogP contribution in [0.2, 0.25) is 0 Å². The van der Waals surface area contributed by atoms with Crippen LogP contribution in [0.1, 0.15) is 18.1 Å². The van der Waals surface area contributed by atoms with Gasteiger partial charge in [0.1, 0.15) is 5.82 Å². The summed E-state index contributed by atoms with van der Waals surface area (Å²) in [5.74, 6) is -0.231. The predicted molar refractivity (Wildman–Crippen MR) is 118 cm³/mol. The zero-order valence-corrected chi connectivity index (χ0v) is 17.5. The molecule has 1 saturated heterocycles. The first-order chi connectivity index (χ1) is 14.0. The Labute approximate surface area is 176 Å². The van der Waals surface area contributed by atoms with Gasteiger partial charge in [0.2, 0.25) is 5.91 Å². The molecular weight excluding hydrogens is 387 g/mol. The molecule has 2 N–H and O–H groups in total. The highest BCUT2D eigenvalue weighted by Crippen LogP contribution is 2.15. The quantitative estimate of drug-likeness (QED) is 0.712. The lowest BCUT2D eigenvalue weighted by Gasteiger charge is -2.35. The number of piperazine rings is 1. The van der Waals surface area contributed by atoms with Crippen LogP contribution in [0.15, 0.2) is 48.5 Å². The van der Waals surface area contributed by atoms with Gasteiger partial charge in [0, 0.05) is 38.4 Å². The van der Waals surface area contributed by atoms with Gasteiger partial charge in [-0.25, -0.2) is 4.39 Å². The topological polar surface area (TPSA) is 47.6 Å². The summed E-state index contributed by atoms with van der Waals surface area (Å²) >= 11 is 5.48. The summed E-state index contributed by atoms with van der Waals surface area (Å²) in [4.78, 5) is 16.7. The molecule has 0 spiro atoms. The second kappa shape index (κ2) is 10.3. The predicted octanol–water partition coefficient (Wildman–Crippen LogP) is 3.02. The normalized spacial score (nSPS) is 14.5. The summed E-state index contributed by atoms with van der Waals surface area (Å²) in [6.07, 6.45) is 0.886. The van der Waals surface area contributed by atoms with Gasteiger partial charge < -0.3 is 15.5 Å². The highest BCUT2D eigenvalue weighted by Gasteiger charge is 2.20. The van der Waals surface area contributed by atoms with Crippen molar-refractivity contribution in [2.45, 2.75) is 19.9 Å². The molecule has 0 aromatic heterocycles. The van der Waals surface area contributed by atoms with E-state index < -0.39 is 0 Å². The van der Waals surface area contributed by atoms with Gasteiger partial charge in [0.25, 0.3) is 0 Å². The van der Waals surface area contributed by atoms with Crippen molar-refractivity contribution in [1.82, 2.24) is 15.1 Å². The Hall–Kier alpha value is -2.51. The maximum atomic E-state index is 13.0. The van der Waals surface area contributed by atoms with Crippen LogP contribution in [-0.2, 0) is 17.8 Å². The molecule has 1 aliphatic heterocycles. The summed E-state index contributed by atoms with van der Waals surface area (Å²) in [5, 5.41) is 6.94. The molecule has 154 valence electrons. The van der Waals surface area contributed by atoms with E-state index in [4.69, 9.17) is 12.2 Å². The standard InChI is InChI=1S/C22H27FN4OS/c1-2-18-5-3-4-6-20(18)25-21(28)16-26-11-13-27(14-12-26)22(29)24-15-17-7-9-19(23)10-8-17/h3-10H,2,11-16H2,1H3,(H,24,29)(H,25,28). The lowest BCUT2D eigenvalue weighted by molar-refractivity contribution is -0.117. The number of halogens is 1. The molecule has 0 atom stereocenters. The van der Waals surface area contributed by atoms with Gasteiger partial charge in [-0.1, -0.05) is 37.3 Å². The van der Waals surface area contributed by atoms with Gasteiger partial charge in [-0.2, -0.15) is 0 Å². The molecule has 0 saturated carbocycles. The molecule has 2 aromatic carbocycles. The van der Waals surface area contributed by atoms with Crippen molar-refractivity contribution in [3.63, 3.8) is 0 Å². The minimum absolute atomic E-state index is 0.0105. The number of hydrogen-bond acceptors (Lipinski definition) is 3. The van der Waals surface area contributed by atoms with E-state index in [0.29, 0.717) is 18.2 Å². The van der Waals surface area contributed by atoms with E-state index in [9.17, 15) is 9.18 Å². The average Bonchev–Trinajstić information content (AvgIpc) is 2.74. The fourth-order valence-electron chi connectivity index (χ4n) is 3.34. The van der Waals surface area contributed by atoms with Gasteiger partial charge in [-0.3, -0.25) is 9.69 Å². The van der Waals surface area contributed by atoms with Crippen molar-refractivity contribution >= 4 is 28.9 Å². The van der Waals surface area contributed by atoms with E-state index in [2.05, 4.69) is 27.4 Å². The Morgan fingerprint density at radius 2 is 1.76 bits per heavy atom. The van der Waals surface area contributed by atoms with Crippen LogP contribution in [0.5, 0.6) is 0 Å². The molecule has 0 unspecified atom stereocenters. The first-order valence-electron chi connectivity index (χ1n) is 9.92. The fraction of sp³-hybridized carbons (Fsp3) is 0.364. The van der Waals surface area contributed by atoms with Crippen molar-refractivity contribution in [2.24, 2.45) is 0 Å². The Morgan fingerprint density at radius 1 is 1.07 bits per heavy atom. The molecule has 1 heterocycles. The average molecular weight is 415 g/mol. The highest BCUT2D eigenvalue weighted by molar-refractivity contribution is 7.80. The van der Waals surface area contributed by atoms with E-state index in [1.165, 1.54) is 12.1 Å². The molecule has 3 rings (SSSR count). The van der Waals surface area contributed by atoms with Crippen LogP contribution in [0.3, 0.4) is 0 Å². The minimum Gasteiger partial charge on any atom is -0.358 e. The van der Waals surface area contributed by atoms with Gasteiger partial charge in [0.05, 0.1) is 6.54 Å². The number of carbonyl (C=O) groups excluding carboxylic acids is 1. The third-order valence-corrected chi connectivity index (χ3v) is 5.46. The zero-order chi connectivity index (χ0) is 20.6. The Balaban J connectivity index is 1.41. The number of aryl methyl sites for hydroxylation is 1. The Bertz CT molecular complexity index is 835. The van der Waals surface area contributed by atoms with Crippen LogP contribution in [0, 0.1) is 5.82 Å². The molecule has 2 aromatic rings. The van der Waals surface area contributed by atoms with Crippen LogP contribution in [-0.4, -0.2) is 53.5 Å². The molecular formula is C22H27FN4OS. The maximum Gasteiger partial charge on any atom is 0.238 e. The molecule has 29 heavy (non-hydrogen) atoms. The van der Waals surface area contributed by atoms with Crippen LogP contribution < -0.4 is 10.6 Å². The number of nitrogens with zero attached hydrogens (tertiary/aromatic N) is 2. The number of amides is 1. The molecule has 1 aliphatic rings. The van der Waals surface area contributed by atoms with Crippen LogP contribution in [0.4, 0.5) is 10.1 Å². The van der Waals surface area contributed by atoms with Gasteiger partial charge >= 0.3 is 0 Å². The van der Waals surface area contributed by atoms with Crippen molar-refractivity contribution in [1.29, 1.82) is 0 Å². The monoisotopic (exact) mass is 414 g/mol. The SMILES string of the molecule is CCc1ccccc1NC(=O)CN1CCN(C(=S)NCc2ccc(F)cc2)CC1. The van der Waals surface area contributed by atoms with Crippen LogP contribution >= 0.6 is 12.2 Å². The molecule has 5 nitrogen and oxygen atoms in total. The highest BCUT2D eigenvalue weighted by atomic mass is 32.1. The molecule has 7 heteroatoms. The maximum absolute atomic E-state index is 13.0. The van der Waals surface area contributed by atoms with E-state index >= 15 is 0 Å². The van der Waals surface area contributed by atoms with Crippen molar-refractivity contribution < 1.29 is 9.18 Å². The Kier molecular flexibility index (Phi) is 7.55. The summed E-state index contributed by atoms with van der Waals surface area (Å²) in [7, 11) is 0. The molecule has 0 radical (unpaired) electrons. The molecule has 0 aliphatic carbocycles. The zero-order valence-electron chi connectivity index (χ0n) is 16.7. The molecule has 0 bridgehead atoms. The summed E-state index contributed by atoms with van der Waals surface area (Å²) in [5.41, 5.74) is 3.02. The number of rotatable bonds is 6. The number of hydrogen-bond donors (Lipinski definition) is 2. The number of carbonyl (C=O) groups is 1. The lowest BCUT2D eigenvalue weighted by atomic mass is 10.1. The first-order valence-corrected chi connectivity index (χ1v) is 10.3. The second-order valence-corrected chi connectivity index (χ2v) is 7.49. The largest absolute Gasteiger partial charge is 0.358 e. The number of thiocarbonyl (C=S) groups is 1. The fourth-order valence-corrected chi connectivity index (χ4v) is 3.60. The number of para-hydroxylation sites is 1. The van der Waals surface area contributed by atoms with Crippen molar-refractivity contribution in [3.8, 4) is 0 Å². The third-order valence-electron chi connectivity index (χ3n) is 5.06. The summed E-state index contributed by atoms with van der Waals surface area (Å²) in [6.45, 7) is 6.13. The van der Waals surface area contributed by atoms with Crippen molar-refractivity contribution in [3.05, 3.63) is 65.5 Å². The molecule has 1 amide bonds. The smallest absolute Gasteiger partial charge is 0.238 e. The summed E-state index contributed by atoms with van der Waals surface area (Å²) in [6, 6.07) is 14.3. The van der Waals surface area contributed by atoms with Gasteiger partial charge in [-0.15, -0.1) is 0 Å². The van der Waals surface area contributed by atoms with E-state index in [0.717, 1.165) is 49.4 Å². The molecule has 1 fully saturated rings. The number of benzene rings is 2. The number of nitrogens with one attached hydrogen (secondary N) is 2. The summed E-state index contributed by atoms with van der Waals surface area (Å²) < 4.78 is 13.0. The van der Waals surface area contributed by atoms with Crippen LogP contribution in [0.25, 0.3) is 0 Å². The Morgan fingerprint density at radius 3 is 2.45 bits per heavy atom. The minimum atomic E-state index is -0.241. The van der Waals surface area contributed by atoms with Gasteiger partial charge in [-0.05, 0) is 48.0 Å². The first kappa shape index (κ1) is 21.2. The van der Waals surface area contributed by atoms with E-state index in [1.54, 1.807) is 12.1 Å². The van der Waals surface area contributed by atoms with E-state index in [1.807, 2.05) is 24.3 Å². The van der Waals surface area contributed by atoms with E-state index in [-0.39, 0.29) is 11.7 Å². The van der Waals surface area contributed by atoms with Gasteiger partial charge in [0.15, 0.2) is 5.11 Å². The third kappa shape index (κ3) is 6.24. The van der Waals surface area contributed by atoms with Crippen molar-refractivity contribution in [2.75, 3.05) is 38.0 Å². The lowest BCUT2D eigenvalue weighted by Crippen LogP contribution is -2.52. The second-order valence-electron chi connectivity index (χ2n) is 7.11. The number of anilines is 1.